The average molecular weight is 280 g/mol. The van der Waals surface area contributed by atoms with E-state index in [1.807, 2.05) is 6.92 Å². The fourth-order valence-corrected chi connectivity index (χ4v) is 2.51. The van der Waals surface area contributed by atoms with Crippen LogP contribution in [-0.4, -0.2) is 32.9 Å². The molecular formula is C13H20N4O3. The van der Waals surface area contributed by atoms with Gasteiger partial charge in [-0.15, -0.1) is 0 Å². The first kappa shape index (κ1) is 14.4. The number of carboxylic acid groups (broad SMARTS) is 1. The quantitative estimate of drug-likeness (QED) is 0.781. The Bertz CT molecular complexity index is 478. The van der Waals surface area contributed by atoms with Crippen molar-refractivity contribution in [2.24, 2.45) is 5.92 Å². The molecule has 0 radical (unpaired) electrons. The molecule has 1 aliphatic rings. The second-order valence-corrected chi connectivity index (χ2v) is 5.02. The largest absolute Gasteiger partial charge is 0.481 e. The van der Waals surface area contributed by atoms with Gasteiger partial charge in [0.05, 0.1) is 12.1 Å². The minimum atomic E-state index is -0.736. The van der Waals surface area contributed by atoms with Crippen molar-refractivity contribution < 1.29 is 14.7 Å². The summed E-state index contributed by atoms with van der Waals surface area (Å²) >= 11 is 0. The Morgan fingerprint density at radius 1 is 1.40 bits per heavy atom. The first-order valence-corrected chi connectivity index (χ1v) is 6.92. The van der Waals surface area contributed by atoms with E-state index in [4.69, 9.17) is 5.11 Å². The molecule has 0 aromatic carbocycles. The number of nitrogens with zero attached hydrogens (tertiary/aromatic N) is 2. The molecule has 110 valence electrons. The number of aliphatic carboxylic acids is 1. The van der Waals surface area contributed by atoms with Crippen molar-refractivity contribution in [2.75, 3.05) is 5.32 Å². The molecule has 0 atom stereocenters. The molecule has 0 bridgehead atoms. The van der Waals surface area contributed by atoms with Crippen molar-refractivity contribution in [1.29, 1.82) is 0 Å². The zero-order valence-corrected chi connectivity index (χ0v) is 11.5. The van der Waals surface area contributed by atoms with Crippen molar-refractivity contribution in [3.63, 3.8) is 0 Å². The van der Waals surface area contributed by atoms with E-state index >= 15 is 0 Å². The lowest BCUT2D eigenvalue weighted by atomic mass is 9.86. The highest BCUT2D eigenvalue weighted by atomic mass is 16.4. The minimum Gasteiger partial charge on any atom is -0.481 e. The zero-order valence-electron chi connectivity index (χ0n) is 11.5. The number of hydrogen-bond acceptors (Lipinski definition) is 3. The van der Waals surface area contributed by atoms with E-state index in [1.54, 1.807) is 16.9 Å². The lowest BCUT2D eigenvalue weighted by Crippen LogP contribution is -2.41. The molecule has 7 heteroatoms. The summed E-state index contributed by atoms with van der Waals surface area (Å²) in [5.74, 6) is -0.346. The molecule has 1 aliphatic carbocycles. The highest BCUT2D eigenvalue weighted by Crippen LogP contribution is 2.24. The molecule has 1 fully saturated rings. The first-order chi connectivity index (χ1) is 9.60. The van der Waals surface area contributed by atoms with Gasteiger partial charge in [-0.2, -0.15) is 5.10 Å². The zero-order chi connectivity index (χ0) is 14.5. The number of urea groups is 1. The van der Waals surface area contributed by atoms with Crippen molar-refractivity contribution in [2.45, 2.75) is 45.2 Å². The molecule has 0 aliphatic heterocycles. The van der Waals surface area contributed by atoms with Gasteiger partial charge in [0, 0.05) is 18.7 Å². The first-order valence-electron chi connectivity index (χ1n) is 6.92. The Kier molecular flexibility index (Phi) is 4.60. The molecule has 2 rings (SSSR count). The van der Waals surface area contributed by atoms with Crippen molar-refractivity contribution >= 4 is 17.8 Å². The summed E-state index contributed by atoms with van der Waals surface area (Å²) in [7, 11) is 0. The van der Waals surface area contributed by atoms with Crippen LogP contribution in [0, 0.1) is 5.92 Å². The number of anilines is 1. The van der Waals surface area contributed by atoms with Crippen LogP contribution in [0.3, 0.4) is 0 Å². The Morgan fingerprint density at radius 2 is 2.10 bits per heavy atom. The van der Waals surface area contributed by atoms with Crippen LogP contribution in [0.5, 0.6) is 0 Å². The number of nitrogens with one attached hydrogen (secondary N) is 2. The average Bonchev–Trinajstić information content (AvgIpc) is 2.86. The highest BCUT2D eigenvalue weighted by Gasteiger charge is 2.26. The second kappa shape index (κ2) is 6.40. The number of amides is 2. The van der Waals surface area contributed by atoms with Crippen LogP contribution < -0.4 is 10.6 Å². The van der Waals surface area contributed by atoms with Crippen molar-refractivity contribution in [3.05, 3.63) is 12.3 Å². The lowest BCUT2D eigenvalue weighted by molar-refractivity contribution is -0.142. The number of carbonyl (C=O) groups is 2. The van der Waals surface area contributed by atoms with Gasteiger partial charge in [-0.25, -0.2) is 9.48 Å². The maximum Gasteiger partial charge on any atom is 0.320 e. The Labute approximate surface area is 117 Å². The molecule has 0 saturated heterocycles. The molecule has 1 saturated carbocycles. The van der Waals surface area contributed by atoms with Gasteiger partial charge in [-0.3, -0.25) is 10.1 Å². The number of carboxylic acids is 1. The highest BCUT2D eigenvalue weighted by molar-refractivity contribution is 5.88. The smallest absolute Gasteiger partial charge is 0.320 e. The Balaban J connectivity index is 1.80. The summed E-state index contributed by atoms with van der Waals surface area (Å²) < 4.78 is 1.70. The number of aromatic nitrogens is 2. The monoisotopic (exact) mass is 280 g/mol. The van der Waals surface area contributed by atoms with Crippen molar-refractivity contribution in [1.82, 2.24) is 15.1 Å². The Hall–Kier alpha value is -2.05. The molecular weight excluding hydrogens is 260 g/mol. The van der Waals surface area contributed by atoms with Crippen LogP contribution in [0.15, 0.2) is 12.3 Å². The molecule has 1 heterocycles. The predicted octanol–water partition coefficient (Wildman–Crippen LogP) is 1.67. The van der Waals surface area contributed by atoms with E-state index in [0.29, 0.717) is 38.0 Å². The van der Waals surface area contributed by atoms with E-state index < -0.39 is 5.97 Å². The summed E-state index contributed by atoms with van der Waals surface area (Å²) in [4.78, 5) is 22.7. The lowest BCUT2D eigenvalue weighted by Gasteiger charge is -2.26. The van der Waals surface area contributed by atoms with Gasteiger partial charge in [0.1, 0.15) is 5.82 Å². The fraction of sp³-hybridized carbons (Fsp3) is 0.615. The molecule has 20 heavy (non-hydrogen) atoms. The van der Waals surface area contributed by atoms with Gasteiger partial charge in [0.25, 0.3) is 0 Å². The van der Waals surface area contributed by atoms with Crippen LogP contribution in [-0.2, 0) is 11.3 Å². The summed E-state index contributed by atoms with van der Waals surface area (Å²) in [6, 6.07) is 1.52. The van der Waals surface area contributed by atoms with Crippen LogP contribution in [0.4, 0.5) is 10.6 Å². The second-order valence-electron chi connectivity index (χ2n) is 5.02. The molecule has 1 aromatic heterocycles. The van der Waals surface area contributed by atoms with Gasteiger partial charge >= 0.3 is 12.0 Å². The molecule has 7 nitrogen and oxygen atoms in total. The van der Waals surface area contributed by atoms with Crippen LogP contribution in [0.2, 0.25) is 0 Å². The third-order valence-corrected chi connectivity index (χ3v) is 3.67. The van der Waals surface area contributed by atoms with Crippen molar-refractivity contribution in [3.8, 4) is 0 Å². The maximum absolute atomic E-state index is 11.9. The van der Waals surface area contributed by atoms with Crippen LogP contribution in [0.25, 0.3) is 0 Å². The van der Waals surface area contributed by atoms with Gasteiger partial charge in [0.15, 0.2) is 0 Å². The van der Waals surface area contributed by atoms with Crippen LogP contribution in [0.1, 0.15) is 32.6 Å². The van der Waals surface area contributed by atoms with E-state index in [1.165, 1.54) is 0 Å². The molecule has 3 N–H and O–H groups in total. The maximum atomic E-state index is 11.9. The number of hydrogen-bond donors (Lipinski definition) is 3. The number of rotatable bonds is 4. The van der Waals surface area contributed by atoms with Gasteiger partial charge in [-0.05, 0) is 32.6 Å². The molecule has 0 unspecified atom stereocenters. The predicted molar refractivity (Wildman–Crippen MR) is 73.4 cm³/mol. The summed E-state index contributed by atoms with van der Waals surface area (Å²) in [5.41, 5.74) is 0. The third kappa shape index (κ3) is 3.49. The van der Waals surface area contributed by atoms with Gasteiger partial charge in [0.2, 0.25) is 0 Å². The normalized spacial score (nSPS) is 22.2. The summed E-state index contributed by atoms with van der Waals surface area (Å²) in [6.07, 6.45) is 4.28. The van der Waals surface area contributed by atoms with Gasteiger partial charge < -0.3 is 10.4 Å². The van der Waals surface area contributed by atoms with E-state index in [9.17, 15) is 9.59 Å². The van der Waals surface area contributed by atoms with E-state index in [2.05, 4.69) is 15.7 Å². The van der Waals surface area contributed by atoms with Crippen LogP contribution >= 0.6 is 0 Å². The standard InChI is InChI=1S/C13H20N4O3/c1-2-17-11(7-8-14-17)16-13(20)15-10-5-3-9(4-6-10)12(18)19/h7-10H,2-6H2,1H3,(H,18,19)(H2,15,16,20). The number of carbonyl (C=O) groups excluding carboxylic acids is 1. The van der Waals surface area contributed by atoms with Gasteiger partial charge in [-0.1, -0.05) is 0 Å². The molecule has 2 amide bonds. The number of aryl methyl sites for hydroxylation is 1. The topological polar surface area (TPSA) is 96.3 Å². The van der Waals surface area contributed by atoms with E-state index in [0.717, 1.165) is 0 Å². The SMILES string of the molecule is CCn1nccc1NC(=O)NC1CCC(C(=O)O)CC1. The molecule has 0 spiro atoms. The van der Waals surface area contributed by atoms with E-state index in [-0.39, 0.29) is 18.0 Å². The summed E-state index contributed by atoms with van der Waals surface area (Å²) in [5, 5.41) is 18.6. The molecule has 1 aromatic rings. The fourth-order valence-electron chi connectivity index (χ4n) is 2.51. The third-order valence-electron chi connectivity index (χ3n) is 3.67. The minimum absolute atomic E-state index is 0.0450. The Morgan fingerprint density at radius 3 is 2.70 bits per heavy atom. The summed E-state index contributed by atoms with van der Waals surface area (Å²) in [6.45, 7) is 2.63.